The van der Waals surface area contributed by atoms with Gasteiger partial charge in [-0.3, -0.25) is 9.78 Å². The van der Waals surface area contributed by atoms with Crippen LogP contribution < -0.4 is 20.7 Å². The van der Waals surface area contributed by atoms with E-state index >= 15 is 0 Å². The van der Waals surface area contributed by atoms with Gasteiger partial charge in [0, 0.05) is 65.6 Å². The highest BCUT2D eigenvalue weighted by molar-refractivity contribution is 6.31. The van der Waals surface area contributed by atoms with E-state index in [4.69, 9.17) is 16.6 Å². The average Bonchev–Trinajstić information content (AvgIpc) is 2.97. The first-order chi connectivity index (χ1) is 21.1. The zero-order chi connectivity index (χ0) is 31.3. The molecule has 236 valence electrons. The Kier molecular flexibility index (Phi) is 9.97. The molecule has 44 heavy (non-hydrogen) atoms. The maximum Gasteiger partial charge on any atom is 0.573 e. The summed E-state index contributed by atoms with van der Waals surface area (Å²) in [6.45, 7) is 1.74. The van der Waals surface area contributed by atoms with E-state index in [1.807, 2.05) is 18.2 Å². The third-order valence-electron chi connectivity index (χ3n) is 7.94. The van der Waals surface area contributed by atoms with Crippen LogP contribution in [0.25, 0.3) is 10.9 Å². The molecule has 1 aliphatic carbocycles. The van der Waals surface area contributed by atoms with E-state index in [2.05, 4.69) is 20.7 Å². The predicted octanol–water partition coefficient (Wildman–Crippen LogP) is 7.20. The quantitative estimate of drug-likeness (QED) is 0.171. The molecule has 2 heterocycles. The van der Waals surface area contributed by atoms with Gasteiger partial charge in [0.1, 0.15) is 0 Å². The molecule has 1 aliphatic heterocycles. The molecule has 0 atom stereocenters. The molecule has 1 aromatic heterocycles. The van der Waals surface area contributed by atoms with Crippen LogP contribution in [-0.2, 0) is 17.6 Å². The lowest BCUT2D eigenvalue weighted by atomic mass is 9.92. The number of alkyl halides is 3. The Bertz CT molecular complexity index is 1510. The Hall–Kier alpha value is -3.80. The molecule has 13 heteroatoms. The molecule has 1 fully saturated rings. The number of urea groups is 1. The van der Waals surface area contributed by atoms with E-state index in [0.717, 1.165) is 85.6 Å². The Labute approximate surface area is 257 Å². The molecule has 2 aromatic carbocycles. The number of aromatic nitrogens is 1. The van der Waals surface area contributed by atoms with Crippen molar-refractivity contribution in [1.82, 2.24) is 15.2 Å². The second-order valence-electron chi connectivity index (χ2n) is 11.1. The number of aryl methyl sites for hydroxylation is 1. The number of piperidine rings is 1. The maximum atomic E-state index is 13.9. The van der Waals surface area contributed by atoms with Crippen molar-refractivity contribution >= 4 is 45.8 Å². The zero-order valence-electron chi connectivity index (χ0n) is 24.0. The number of carbonyl (C=O) groups excluding carboxylic acids is 2. The monoisotopic (exact) mass is 635 g/mol. The number of anilines is 2. The topological polar surface area (TPSA) is 95.6 Å². The van der Waals surface area contributed by atoms with Crippen LogP contribution >= 0.6 is 11.6 Å². The van der Waals surface area contributed by atoms with Gasteiger partial charge in [-0.1, -0.05) is 11.6 Å². The smallest absolute Gasteiger partial charge is 0.403 e. The zero-order valence-corrected chi connectivity index (χ0v) is 24.8. The Morgan fingerprint density at radius 3 is 2.57 bits per heavy atom. The summed E-state index contributed by atoms with van der Waals surface area (Å²) >= 11 is 6.22. The van der Waals surface area contributed by atoms with Crippen molar-refractivity contribution in [3.05, 3.63) is 58.5 Å². The van der Waals surface area contributed by atoms with E-state index in [1.165, 1.54) is 5.56 Å². The number of benzene rings is 2. The summed E-state index contributed by atoms with van der Waals surface area (Å²) in [4.78, 5) is 31.8. The number of rotatable bonds is 9. The van der Waals surface area contributed by atoms with E-state index < -0.39 is 24.0 Å². The van der Waals surface area contributed by atoms with Gasteiger partial charge in [-0.05, 0) is 87.3 Å². The normalized spacial score (nSPS) is 15.5. The molecule has 0 spiro atoms. The summed E-state index contributed by atoms with van der Waals surface area (Å²) in [5.41, 5.74) is 4.44. The summed E-state index contributed by atoms with van der Waals surface area (Å²) in [5, 5.41) is 10.5. The fourth-order valence-electron chi connectivity index (χ4n) is 5.79. The summed E-state index contributed by atoms with van der Waals surface area (Å²) < 4.78 is 54.5. The van der Waals surface area contributed by atoms with Gasteiger partial charge in [0.2, 0.25) is 5.91 Å². The second kappa shape index (κ2) is 13.9. The standard InChI is InChI=1S/C31H34ClF4N5O3/c32-19-8-10-23-26(17-19)40-25-6-2-1-5-22(25)29(23)37-14-4-3-7-28(42)41-15-12-20(13-16-41)38-30(43)39-21-9-11-27(24(33)18-21)44-31(34,35)36/h8-11,17-18,20H,1-7,12-16H2,(H,37,40)(H2,38,39,43). The number of nitrogens with zero attached hydrogens (tertiary/aromatic N) is 2. The molecular formula is C31H34ClF4N5O3. The van der Waals surface area contributed by atoms with Crippen LogP contribution in [0.2, 0.25) is 5.02 Å². The minimum Gasteiger partial charge on any atom is -0.403 e. The van der Waals surface area contributed by atoms with Crippen LogP contribution in [0.4, 0.5) is 33.7 Å². The summed E-state index contributed by atoms with van der Waals surface area (Å²) in [5.74, 6) is -2.16. The van der Waals surface area contributed by atoms with Crippen LogP contribution in [0.15, 0.2) is 36.4 Å². The number of unbranched alkanes of at least 4 members (excludes halogenated alkanes) is 1. The van der Waals surface area contributed by atoms with Gasteiger partial charge in [-0.15, -0.1) is 13.2 Å². The molecule has 3 amide bonds. The average molecular weight is 636 g/mol. The van der Waals surface area contributed by atoms with Crippen LogP contribution in [0.3, 0.4) is 0 Å². The van der Waals surface area contributed by atoms with Crippen molar-refractivity contribution in [2.24, 2.45) is 0 Å². The van der Waals surface area contributed by atoms with Gasteiger partial charge >= 0.3 is 12.4 Å². The molecule has 8 nitrogen and oxygen atoms in total. The van der Waals surface area contributed by atoms with Gasteiger partial charge in [0.25, 0.3) is 0 Å². The number of likely N-dealkylation sites (tertiary alicyclic amines) is 1. The Balaban J connectivity index is 1.03. The lowest BCUT2D eigenvalue weighted by Gasteiger charge is -2.32. The Morgan fingerprint density at radius 1 is 1.05 bits per heavy atom. The fraction of sp³-hybridized carbons (Fsp3) is 0.452. The molecule has 0 unspecified atom stereocenters. The first-order valence-corrected chi connectivity index (χ1v) is 15.2. The highest BCUT2D eigenvalue weighted by Gasteiger charge is 2.32. The number of hydrogen-bond acceptors (Lipinski definition) is 5. The van der Waals surface area contributed by atoms with Crippen molar-refractivity contribution in [2.75, 3.05) is 30.3 Å². The fourth-order valence-corrected chi connectivity index (χ4v) is 5.95. The van der Waals surface area contributed by atoms with Crippen LogP contribution in [0.1, 0.15) is 56.2 Å². The molecule has 0 saturated carbocycles. The number of pyridine rings is 1. The predicted molar refractivity (Wildman–Crippen MR) is 161 cm³/mol. The molecule has 3 aromatic rings. The highest BCUT2D eigenvalue weighted by atomic mass is 35.5. The van der Waals surface area contributed by atoms with Crippen molar-refractivity contribution < 1.29 is 31.9 Å². The minimum atomic E-state index is -5.02. The van der Waals surface area contributed by atoms with Crippen LogP contribution in [0, 0.1) is 5.82 Å². The lowest BCUT2D eigenvalue weighted by molar-refractivity contribution is -0.275. The number of ether oxygens (including phenoxy) is 1. The number of nitrogens with one attached hydrogen (secondary N) is 3. The molecule has 5 rings (SSSR count). The van der Waals surface area contributed by atoms with Crippen molar-refractivity contribution in [1.29, 1.82) is 0 Å². The van der Waals surface area contributed by atoms with E-state index in [0.29, 0.717) is 37.4 Å². The SMILES string of the molecule is O=C(Nc1ccc(OC(F)(F)F)c(F)c1)NC1CCN(C(=O)CCCCNc2c3c(nc4cc(Cl)ccc24)CCCC3)CC1. The second-order valence-corrected chi connectivity index (χ2v) is 11.5. The number of hydrogen-bond donors (Lipinski definition) is 3. The van der Waals surface area contributed by atoms with Crippen molar-refractivity contribution in [3.63, 3.8) is 0 Å². The van der Waals surface area contributed by atoms with Gasteiger partial charge in [-0.2, -0.15) is 0 Å². The van der Waals surface area contributed by atoms with Crippen LogP contribution in [0.5, 0.6) is 5.75 Å². The van der Waals surface area contributed by atoms with E-state index in [9.17, 15) is 27.2 Å². The lowest BCUT2D eigenvalue weighted by Crippen LogP contribution is -2.47. The van der Waals surface area contributed by atoms with E-state index in [-0.39, 0.29) is 17.6 Å². The Morgan fingerprint density at radius 2 is 1.82 bits per heavy atom. The third-order valence-corrected chi connectivity index (χ3v) is 8.18. The molecule has 1 saturated heterocycles. The first-order valence-electron chi connectivity index (χ1n) is 14.8. The van der Waals surface area contributed by atoms with Crippen molar-refractivity contribution in [2.45, 2.75) is 70.2 Å². The highest BCUT2D eigenvalue weighted by Crippen LogP contribution is 2.34. The number of halogens is 5. The third kappa shape index (κ3) is 8.22. The van der Waals surface area contributed by atoms with Crippen LogP contribution in [-0.4, -0.2) is 53.9 Å². The molecule has 2 aliphatic rings. The number of amides is 3. The first kappa shape index (κ1) is 31.6. The van der Waals surface area contributed by atoms with Gasteiger partial charge in [0.15, 0.2) is 11.6 Å². The van der Waals surface area contributed by atoms with Gasteiger partial charge < -0.3 is 25.6 Å². The molecule has 0 radical (unpaired) electrons. The van der Waals surface area contributed by atoms with Gasteiger partial charge in [0.05, 0.1) is 5.52 Å². The summed E-state index contributed by atoms with van der Waals surface area (Å²) in [6.07, 6.45) is 2.35. The molecule has 3 N–H and O–H groups in total. The number of carbonyl (C=O) groups is 2. The largest absolute Gasteiger partial charge is 0.573 e. The maximum absolute atomic E-state index is 13.9. The van der Waals surface area contributed by atoms with Gasteiger partial charge in [-0.25, -0.2) is 9.18 Å². The van der Waals surface area contributed by atoms with E-state index in [1.54, 1.807) is 4.90 Å². The van der Waals surface area contributed by atoms with Crippen molar-refractivity contribution in [3.8, 4) is 5.75 Å². The molecular weight excluding hydrogens is 602 g/mol. The summed E-state index contributed by atoms with van der Waals surface area (Å²) in [6, 6.07) is 7.65. The molecule has 0 bridgehead atoms. The number of fused-ring (bicyclic) bond motifs is 2. The minimum absolute atomic E-state index is 0.0157. The summed E-state index contributed by atoms with van der Waals surface area (Å²) in [7, 11) is 0.